The Morgan fingerprint density at radius 3 is 2.81 bits per heavy atom. The van der Waals surface area contributed by atoms with E-state index in [-0.39, 0.29) is 12.1 Å². The molecular weight excluding hydrogens is 313 g/mol. The molecule has 0 aromatic carbocycles. The smallest absolute Gasteiger partial charge is 0.320 e. The normalized spacial score (nSPS) is 25.4. The van der Waals surface area contributed by atoms with E-state index in [1.807, 2.05) is 0 Å². The van der Waals surface area contributed by atoms with E-state index in [1.165, 1.54) is 25.1 Å². The zero-order chi connectivity index (χ0) is 14.8. The Morgan fingerprint density at radius 1 is 1.29 bits per heavy atom. The minimum Gasteiger partial charge on any atom is -0.378 e. The fourth-order valence-electron chi connectivity index (χ4n) is 2.58. The van der Waals surface area contributed by atoms with Crippen LogP contribution in [0.25, 0.3) is 0 Å². The molecule has 2 N–H and O–H groups in total. The Labute approximate surface area is 133 Å². The molecule has 0 bridgehead atoms. The maximum atomic E-state index is 12.0. The van der Waals surface area contributed by atoms with E-state index < -0.39 is 0 Å². The van der Waals surface area contributed by atoms with Crippen molar-refractivity contribution in [1.29, 1.82) is 0 Å². The molecule has 1 saturated carbocycles. The van der Waals surface area contributed by atoms with Crippen LogP contribution in [0.5, 0.6) is 0 Å². The summed E-state index contributed by atoms with van der Waals surface area (Å²) in [6.07, 6.45) is 5.93. The molecule has 21 heavy (non-hydrogen) atoms. The summed E-state index contributed by atoms with van der Waals surface area (Å²) in [7, 11) is 0. The van der Waals surface area contributed by atoms with Crippen molar-refractivity contribution in [3.63, 3.8) is 0 Å². The van der Waals surface area contributed by atoms with Crippen LogP contribution < -0.4 is 10.6 Å². The second-order valence-corrected chi connectivity index (χ2v) is 6.36. The Morgan fingerprint density at radius 2 is 2.10 bits per heavy atom. The van der Waals surface area contributed by atoms with Crippen LogP contribution in [0.2, 0.25) is 10.0 Å². The maximum Gasteiger partial charge on any atom is 0.320 e. The Kier molecular flexibility index (Phi) is 4.52. The van der Waals surface area contributed by atoms with Gasteiger partial charge < -0.3 is 10.1 Å². The Balaban J connectivity index is 1.52. The minimum absolute atomic E-state index is 0.145. The maximum absolute atomic E-state index is 12.0. The van der Waals surface area contributed by atoms with Gasteiger partial charge in [-0.25, -0.2) is 9.78 Å². The van der Waals surface area contributed by atoms with Crippen LogP contribution in [0.1, 0.15) is 25.7 Å². The molecule has 2 unspecified atom stereocenters. The predicted octanol–water partition coefficient (Wildman–Crippen LogP) is 3.47. The van der Waals surface area contributed by atoms with Gasteiger partial charge in [0.05, 0.1) is 16.1 Å². The van der Waals surface area contributed by atoms with Crippen molar-refractivity contribution in [1.82, 2.24) is 10.3 Å². The molecule has 1 aromatic rings. The van der Waals surface area contributed by atoms with Crippen molar-refractivity contribution in [3.8, 4) is 0 Å². The third-order valence-electron chi connectivity index (χ3n) is 3.85. The largest absolute Gasteiger partial charge is 0.378 e. The third-order valence-corrected chi connectivity index (χ3v) is 4.56. The van der Waals surface area contributed by atoms with Crippen LogP contribution in [0.3, 0.4) is 0 Å². The van der Waals surface area contributed by atoms with E-state index in [1.54, 1.807) is 0 Å². The molecule has 1 aliphatic carbocycles. The van der Waals surface area contributed by atoms with Gasteiger partial charge in [-0.1, -0.05) is 23.2 Å². The first-order valence-corrected chi connectivity index (χ1v) is 7.87. The van der Waals surface area contributed by atoms with Crippen molar-refractivity contribution < 1.29 is 9.53 Å². The summed E-state index contributed by atoms with van der Waals surface area (Å²) < 4.78 is 5.74. The number of pyridine rings is 1. The molecular formula is C14H17Cl2N3O2. The summed E-state index contributed by atoms with van der Waals surface area (Å²) in [4.78, 5) is 16.0. The van der Waals surface area contributed by atoms with Gasteiger partial charge in [-0.05, 0) is 31.6 Å². The number of carbonyl (C=O) groups excluding carboxylic acids is 1. The van der Waals surface area contributed by atoms with E-state index in [9.17, 15) is 4.79 Å². The summed E-state index contributed by atoms with van der Waals surface area (Å²) in [5.41, 5.74) is 0. The number of halogens is 2. The van der Waals surface area contributed by atoms with Crippen molar-refractivity contribution in [2.45, 2.75) is 37.8 Å². The molecule has 1 aromatic heterocycles. The zero-order valence-electron chi connectivity index (χ0n) is 11.4. The summed E-state index contributed by atoms with van der Waals surface area (Å²) in [6.45, 7) is 0.705. The standard InChI is InChI=1S/C14H17Cl2N3O2/c15-10-6-13(17-7-11(10)16)19-14(20)18-9-3-4-21-12(5-9)8-1-2-8/h6-9,12H,1-5H2,(H2,17,18,19,20). The highest BCUT2D eigenvalue weighted by Gasteiger charge is 2.36. The number of aromatic nitrogens is 1. The van der Waals surface area contributed by atoms with E-state index in [0.717, 1.165) is 12.8 Å². The fraction of sp³-hybridized carbons (Fsp3) is 0.571. The minimum atomic E-state index is -0.276. The van der Waals surface area contributed by atoms with Crippen LogP contribution >= 0.6 is 23.2 Å². The van der Waals surface area contributed by atoms with E-state index in [0.29, 0.717) is 34.5 Å². The summed E-state index contributed by atoms with van der Waals surface area (Å²) in [6, 6.07) is 1.40. The summed E-state index contributed by atoms with van der Waals surface area (Å²) >= 11 is 11.7. The van der Waals surface area contributed by atoms with Gasteiger partial charge in [0.25, 0.3) is 0 Å². The second kappa shape index (κ2) is 6.38. The van der Waals surface area contributed by atoms with Gasteiger partial charge in [-0.15, -0.1) is 0 Å². The Bertz CT molecular complexity index is 537. The molecule has 5 nitrogen and oxygen atoms in total. The molecule has 1 saturated heterocycles. The van der Waals surface area contributed by atoms with Crippen LogP contribution in [0, 0.1) is 5.92 Å². The van der Waals surface area contributed by atoms with Crippen molar-refractivity contribution in [2.75, 3.05) is 11.9 Å². The first kappa shape index (κ1) is 14.9. The quantitative estimate of drug-likeness (QED) is 0.892. The lowest BCUT2D eigenvalue weighted by molar-refractivity contribution is -0.00889. The van der Waals surface area contributed by atoms with E-state index in [4.69, 9.17) is 27.9 Å². The number of hydrogen-bond donors (Lipinski definition) is 2. The van der Waals surface area contributed by atoms with Gasteiger partial charge in [-0.2, -0.15) is 0 Å². The lowest BCUT2D eigenvalue weighted by Crippen LogP contribution is -2.44. The topological polar surface area (TPSA) is 63.2 Å². The number of carbonyl (C=O) groups is 1. The zero-order valence-corrected chi connectivity index (χ0v) is 13.0. The summed E-state index contributed by atoms with van der Waals surface area (Å²) in [5.74, 6) is 1.07. The molecule has 1 aliphatic heterocycles. The van der Waals surface area contributed by atoms with Crippen molar-refractivity contribution in [2.24, 2.45) is 5.92 Å². The van der Waals surface area contributed by atoms with Gasteiger partial charge in [0.1, 0.15) is 5.82 Å². The molecule has 0 radical (unpaired) electrons. The van der Waals surface area contributed by atoms with Gasteiger partial charge >= 0.3 is 6.03 Å². The number of hydrogen-bond acceptors (Lipinski definition) is 3. The van der Waals surface area contributed by atoms with Gasteiger partial charge in [0.2, 0.25) is 0 Å². The van der Waals surface area contributed by atoms with Gasteiger partial charge in [0.15, 0.2) is 0 Å². The van der Waals surface area contributed by atoms with Crippen LogP contribution in [-0.4, -0.2) is 29.8 Å². The number of rotatable bonds is 3. The number of ether oxygens (including phenoxy) is 1. The second-order valence-electron chi connectivity index (χ2n) is 5.55. The average molecular weight is 330 g/mol. The molecule has 114 valence electrons. The van der Waals surface area contributed by atoms with Crippen LogP contribution in [0.15, 0.2) is 12.3 Å². The lowest BCUT2D eigenvalue weighted by atomic mass is 10.0. The molecule has 7 heteroatoms. The van der Waals surface area contributed by atoms with Crippen molar-refractivity contribution >= 4 is 35.1 Å². The molecule has 2 aliphatic rings. The first-order chi connectivity index (χ1) is 10.1. The number of nitrogens with one attached hydrogen (secondary N) is 2. The van der Waals surface area contributed by atoms with Crippen LogP contribution in [0.4, 0.5) is 10.6 Å². The van der Waals surface area contributed by atoms with E-state index in [2.05, 4.69) is 15.6 Å². The first-order valence-electron chi connectivity index (χ1n) is 7.12. The molecule has 2 atom stereocenters. The molecule has 2 heterocycles. The number of urea groups is 1. The predicted molar refractivity (Wildman–Crippen MR) is 81.9 cm³/mol. The van der Waals surface area contributed by atoms with E-state index >= 15 is 0 Å². The number of nitrogens with zero attached hydrogens (tertiary/aromatic N) is 1. The monoisotopic (exact) mass is 329 g/mol. The fourth-order valence-corrected chi connectivity index (χ4v) is 2.83. The molecule has 2 fully saturated rings. The lowest BCUT2D eigenvalue weighted by Gasteiger charge is -2.30. The SMILES string of the molecule is O=C(Nc1cc(Cl)c(Cl)cn1)NC1CCOC(C2CC2)C1. The third kappa shape index (κ3) is 3.99. The highest BCUT2D eigenvalue weighted by Crippen LogP contribution is 2.38. The average Bonchev–Trinajstić information content (AvgIpc) is 3.28. The number of anilines is 1. The van der Waals surface area contributed by atoms with Gasteiger partial charge in [0, 0.05) is 24.9 Å². The van der Waals surface area contributed by atoms with Crippen molar-refractivity contribution in [3.05, 3.63) is 22.3 Å². The molecule has 3 rings (SSSR count). The van der Waals surface area contributed by atoms with Crippen LogP contribution in [-0.2, 0) is 4.74 Å². The number of amides is 2. The highest BCUT2D eigenvalue weighted by atomic mass is 35.5. The molecule has 2 amide bonds. The summed E-state index contributed by atoms with van der Waals surface area (Å²) in [5, 5.41) is 6.36. The molecule has 0 spiro atoms. The Hall–Kier alpha value is -1.04. The highest BCUT2D eigenvalue weighted by molar-refractivity contribution is 6.42. The van der Waals surface area contributed by atoms with Gasteiger partial charge in [-0.3, -0.25) is 5.32 Å².